The van der Waals surface area contributed by atoms with Gasteiger partial charge in [0, 0.05) is 14.1 Å². The van der Waals surface area contributed by atoms with Crippen molar-refractivity contribution in [3.8, 4) is 5.75 Å². The van der Waals surface area contributed by atoms with Crippen molar-refractivity contribution in [1.29, 1.82) is 0 Å². The van der Waals surface area contributed by atoms with Gasteiger partial charge >= 0.3 is 0 Å². The largest absolute Gasteiger partial charge is 0.505 e. The van der Waals surface area contributed by atoms with Crippen LogP contribution >= 0.6 is 0 Å². The standard InChI is InChI=1S/C23H25N3O4.C2H6/c1-4-9-16(14-10-6-5-7-11-14)24-18-19(22(29)21(18)28)25-17-13-8-12-15(20(17)27)23(30)26(2)3;1-2/h5-8,10-13,16,24-25,27H,4,9H2,1-3H3;1-2H3/t16-;/m1./s1. The number of amides is 1. The number of phenolic OH excluding ortho intramolecular Hbond substituents is 1. The molecule has 0 aromatic heterocycles. The molecule has 1 amide bonds. The second-order valence-corrected chi connectivity index (χ2v) is 7.33. The summed E-state index contributed by atoms with van der Waals surface area (Å²) in [7, 11) is 3.16. The smallest absolute Gasteiger partial charge is 0.257 e. The van der Waals surface area contributed by atoms with Crippen molar-refractivity contribution in [2.75, 3.05) is 24.7 Å². The van der Waals surface area contributed by atoms with Gasteiger partial charge in [-0.3, -0.25) is 14.4 Å². The van der Waals surface area contributed by atoms with E-state index in [1.807, 2.05) is 51.1 Å². The Morgan fingerprint density at radius 1 is 0.969 bits per heavy atom. The summed E-state index contributed by atoms with van der Waals surface area (Å²) < 4.78 is 0. The number of carbonyl (C=O) groups excluding carboxylic acids is 1. The Labute approximate surface area is 188 Å². The molecule has 0 aliphatic heterocycles. The quantitative estimate of drug-likeness (QED) is 0.357. The molecule has 0 unspecified atom stereocenters. The van der Waals surface area contributed by atoms with E-state index in [0.717, 1.165) is 18.4 Å². The highest BCUT2D eigenvalue weighted by Gasteiger charge is 2.25. The molecule has 0 fully saturated rings. The number of phenols is 1. The van der Waals surface area contributed by atoms with Crippen LogP contribution in [0, 0.1) is 0 Å². The second-order valence-electron chi connectivity index (χ2n) is 7.33. The van der Waals surface area contributed by atoms with Gasteiger partial charge in [0.1, 0.15) is 11.4 Å². The predicted molar refractivity (Wildman–Crippen MR) is 130 cm³/mol. The van der Waals surface area contributed by atoms with E-state index < -0.39 is 10.9 Å². The van der Waals surface area contributed by atoms with E-state index in [9.17, 15) is 19.5 Å². The van der Waals surface area contributed by atoms with Gasteiger partial charge in [-0.2, -0.15) is 0 Å². The number of anilines is 3. The minimum atomic E-state index is -0.662. The summed E-state index contributed by atoms with van der Waals surface area (Å²) in [5.74, 6) is -0.644. The van der Waals surface area contributed by atoms with Crippen LogP contribution < -0.4 is 21.5 Å². The van der Waals surface area contributed by atoms with Gasteiger partial charge in [-0.05, 0) is 24.1 Å². The highest BCUT2D eigenvalue weighted by Crippen LogP contribution is 2.33. The first-order chi connectivity index (χ1) is 15.3. The molecule has 3 N–H and O–H groups in total. The van der Waals surface area contributed by atoms with Crippen molar-refractivity contribution < 1.29 is 9.90 Å². The number of para-hydroxylation sites is 1. The maximum Gasteiger partial charge on any atom is 0.257 e. The molecule has 0 aliphatic rings. The van der Waals surface area contributed by atoms with Gasteiger partial charge in [0.15, 0.2) is 5.75 Å². The van der Waals surface area contributed by atoms with E-state index in [-0.39, 0.29) is 40.3 Å². The average Bonchev–Trinajstić information content (AvgIpc) is 2.82. The maximum atomic E-state index is 12.2. The lowest BCUT2D eigenvalue weighted by Crippen LogP contribution is -2.37. The first-order valence-electron chi connectivity index (χ1n) is 10.8. The van der Waals surface area contributed by atoms with Gasteiger partial charge < -0.3 is 20.6 Å². The van der Waals surface area contributed by atoms with Crippen LogP contribution in [0.25, 0.3) is 0 Å². The first kappa shape index (κ1) is 24.7. The van der Waals surface area contributed by atoms with E-state index in [0.29, 0.717) is 0 Å². The Bertz CT molecular complexity index is 1120. The Kier molecular flexibility index (Phi) is 8.58. The third kappa shape index (κ3) is 5.17. The molecular formula is C25H31N3O4. The predicted octanol–water partition coefficient (Wildman–Crippen LogP) is 4.41. The number of aromatic hydroxyl groups is 1. The molecule has 1 atom stereocenters. The number of carbonyl (C=O) groups is 1. The number of nitrogens with one attached hydrogen (secondary N) is 2. The Morgan fingerprint density at radius 2 is 1.59 bits per heavy atom. The molecule has 0 saturated heterocycles. The topological polar surface area (TPSA) is 98.7 Å². The van der Waals surface area contributed by atoms with Gasteiger partial charge in [0.05, 0.1) is 17.3 Å². The summed E-state index contributed by atoms with van der Waals surface area (Å²) in [6, 6.07) is 14.2. The highest BCUT2D eigenvalue weighted by atomic mass is 16.3. The van der Waals surface area contributed by atoms with Crippen molar-refractivity contribution in [3.63, 3.8) is 0 Å². The number of nitrogens with zero attached hydrogens (tertiary/aromatic N) is 1. The average molecular weight is 438 g/mol. The van der Waals surface area contributed by atoms with Crippen LogP contribution in [-0.2, 0) is 0 Å². The fourth-order valence-electron chi connectivity index (χ4n) is 3.31. The van der Waals surface area contributed by atoms with Crippen LogP contribution in [-0.4, -0.2) is 30.0 Å². The molecule has 170 valence electrons. The Hall–Kier alpha value is -3.61. The van der Waals surface area contributed by atoms with Gasteiger partial charge in [-0.1, -0.05) is 63.6 Å². The van der Waals surface area contributed by atoms with Crippen molar-refractivity contribution in [2.24, 2.45) is 0 Å². The molecule has 0 spiro atoms. The summed E-state index contributed by atoms with van der Waals surface area (Å²) in [6.07, 6.45) is 1.67. The Morgan fingerprint density at radius 3 is 2.19 bits per heavy atom. The molecule has 3 aromatic rings. The molecule has 0 aliphatic carbocycles. The lowest BCUT2D eigenvalue weighted by Gasteiger charge is -2.23. The van der Waals surface area contributed by atoms with E-state index >= 15 is 0 Å². The normalized spacial score (nSPS) is 11.3. The molecule has 7 heteroatoms. The van der Waals surface area contributed by atoms with Gasteiger partial charge in [-0.25, -0.2) is 0 Å². The molecule has 0 bridgehead atoms. The minimum absolute atomic E-state index is 0.0850. The van der Waals surface area contributed by atoms with Gasteiger partial charge in [-0.15, -0.1) is 0 Å². The highest BCUT2D eigenvalue weighted by molar-refractivity contribution is 5.99. The fourth-order valence-corrected chi connectivity index (χ4v) is 3.31. The van der Waals surface area contributed by atoms with E-state index in [1.54, 1.807) is 26.2 Å². The van der Waals surface area contributed by atoms with Crippen molar-refractivity contribution in [1.82, 2.24) is 4.90 Å². The lowest BCUT2D eigenvalue weighted by molar-refractivity contribution is 0.0824. The maximum absolute atomic E-state index is 12.2. The molecule has 0 radical (unpaired) electrons. The van der Waals surface area contributed by atoms with E-state index in [4.69, 9.17) is 0 Å². The van der Waals surface area contributed by atoms with Crippen LogP contribution in [0.4, 0.5) is 17.1 Å². The SMILES string of the molecule is CC.CCC[C@@H](Nc1c(Nc2cccc(C(=O)N(C)C)c2O)c(=O)c1=O)c1ccccc1. The summed E-state index contributed by atoms with van der Waals surface area (Å²) in [5, 5.41) is 16.5. The van der Waals surface area contributed by atoms with Crippen molar-refractivity contribution in [3.05, 3.63) is 80.1 Å². The number of rotatable bonds is 8. The van der Waals surface area contributed by atoms with Crippen LogP contribution in [0.5, 0.6) is 5.75 Å². The number of benzene rings is 2. The third-order valence-corrected chi connectivity index (χ3v) is 4.94. The van der Waals surface area contributed by atoms with Crippen molar-refractivity contribution in [2.45, 2.75) is 39.7 Å². The number of hydrogen-bond acceptors (Lipinski definition) is 6. The monoisotopic (exact) mass is 437 g/mol. The van der Waals surface area contributed by atoms with Gasteiger partial charge in [0.25, 0.3) is 16.8 Å². The lowest BCUT2D eigenvalue weighted by atomic mass is 10.0. The molecule has 3 aromatic carbocycles. The summed E-state index contributed by atoms with van der Waals surface area (Å²) in [4.78, 5) is 38.1. The molecule has 7 nitrogen and oxygen atoms in total. The Balaban J connectivity index is 0.00000176. The van der Waals surface area contributed by atoms with Crippen LogP contribution in [0.15, 0.2) is 58.1 Å². The van der Waals surface area contributed by atoms with Crippen LogP contribution in [0.3, 0.4) is 0 Å². The van der Waals surface area contributed by atoms with Crippen LogP contribution in [0.1, 0.15) is 55.6 Å². The summed E-state index contributed by atoms with van der Waals surface area (Å²) >= 11 is 0. The molecular weight excluding hydrogens is 406 g/mol. The van der Waals surface area contributed by atoms with Crippen LogP contribution in [0.2, 0.25) is 0 Å². The molecule has 0 saturated carbocycles. The van der Waals surface area contributed by atoms with Crippen molar-refractivity contribution >= 4 is 23.0 Å². The van der Waals surface area contributed by atoms with Gasteiger partial charge in [0.2, 0.25) is 0 Å². The summed E-state index contributed by atoms with van der Waals surface area (Å²) in [6.45, 7) is 6.05. The van der Waals surface area contributed by atoms with E-state index in [1.165, 1.54) is 11.0 Å². The second kappa shape index (κ2) is 11.1. The first-order valence-corrected chi connectivity index (χ1v) is 10.8. The number of hydrogen-bond donors (Lipinski definition) is 3. The fraction of sp³-hybridized carbons (Fsp3) is 0.320. The zero-order chi connectivity index (χ0) is 23.8. The van der Waals surface area contributed by atoms with E-state index in [2.05, 4.69) is 10.6 Å². The zero-order valence-corrected chi connectivity index (χ0v) is 19.2. The zero-order valence-electron chi connectivity index (χ0n) is 19.2. The molecule has 3 rings (SSSR count). The molecule has 32 heavy (non-hydrogen) atoms. The third-order valence-electron chi connectivity index (χ3n) is 4.94. The minimum Gasteiger partial charge on any atom is -0.505 e. The molecule has 0 heterocycles. The summed E-state index contributed by atoms with van der Waals surface area (Å²) in [5.41, 5.74) is 0.308.